The molecule has 0 amide bonds. The molecule has 0 aromatic carbocycles. The summed E-state index contributed by atoms with van der Waals surface area (Å²) in [4.78, 5) is 12.6. The monoisotopic (exact) mass is 508 g/mol. The van der Waals surface area contributed by atoms with Crippen LogP contribution in [-0.2, 0) is 4.79 Å². The summed E-state index contributed by atoms with van der Waals surface area (Å²) in [5, 5.41) is 0. The molecular weight excluding hydrogens is 471 g/mol. The first kappa shape index (κ1) is 23.8. The van der Waals surface area contributed by atoms with Gasteiger partial charge in [-0.05, 0) is 0 Å². The van der Waals surface area contributed by atoms with Crippen LogP contribution in [0.4, 0.5) is 0 Å². The number of hydrogen-bond donors (Lipinski definition) is 0. The van der Waals surface area contributed by atoms with Crippen LogP contribution in [0.15, 0.2) is 49.7 Å². The number of hydrogen-bond acceptors (Lipinski definition) is 4. The van der Waals surface area contributed by atoms with Gasteiger partial charge in [-0.3, -0.25) is 0 Å². The van der Waals surface area contributed by atoms with Gasteiger partial charge in [0.25, 0.3) is 0 Å². The average Bonchev–Trinajstić information content (AvgIpc) is 3.42. The van der Waals surface area contributed by atoms with Crippen molar-refractivity contribution in [3.05, 3.63) is 46.6 Å². The maximum atomic E-state index is 12.6. The van der Waals surface area contributed by atoms with E-state index in [0.717, 1.165) is 11.3 Å². The summed E-state index contributed by atoms with van der Waals surface area (Å²) in [5.74, 6) is 0.739. The molecule has 0 spiro atoms. The number of ether oxygens (including phenoxy) is 1. The van der Waals surface area contributed by atoms with E-state index in [0.29, 0.717) is 0 Å². The molecular formula is C24H36O4Sn. The van der Waals surface area contributed by atoms with Gasteiger partial charge >= 0.3 is 180 Å². The molecule has 0 unspecified atom stereocenters. The quantitative estimate of drug-likeness (QED) is 0.195. The number of carbonyl (C=O) groups is 1. The van der Waals surface area contributed by atoms with E-state index in [4.69, 9.17) is 13.6 Å². The first-order valence-corrected chi connectivity index (χ1v) is 18.8. The molecule has 2 aromatic rings. The Kier molecular flexibility index (Phi) is 10.7. The molecule has 0 aliphatic heterocycles. The van der Waals surface area contributed by atoms with E-state index in [2.05, 4.69) is 24.9 Å². The van der Waals surface area contributed by atoms with E-state index in [1.165, 1.54) is 58.1 Å². The number of carbonyl (C=O) groups excluding carboxylic acids is 1. The third-order valence-corrected chi connectivity index (χ3v) is 19.7. The SMILES string of the molecule is CCC[CH2][Sn](/[CH]=C(/CC(=O)Oc1ccco1)c1ccco1)([CH2]CCC)[CH2]CCC. The van der Waals surface area contributed by atoms with Crippen molar-refractivity contribution in [2.75, 3.05) is 0 Å². The van der Waals surface area contributed by atoms with Gasteiger partial charge in [0.1, 0.15) is 0 Å². The molecule has 2 aromatic heterocycles. The zero-order chi connectivity index (χ0) is 21.0. The predicted octanol–water partition coefficient (Wildman–Crippen LogP) is 7.64. The molecule has 0 atom stereocenters. The fraction of sp³-hybridized carbons (Fsp3) is 0.542. The van der Waals surface area contributed by atoms with E-state index in [1.807, 2.05) is 12.1 Å². The summed E-state index contributed by atoms with van der Waals surface area (Å²) in [7, 11) is 0. The molecule has 29 heavy (non-hydrogen) atoms. The van der Waals surface area contributed by atoms with Gasteiger partial charge in [-0.15, -0.1) is 0 Å². The Hall–Kier alpha value is -1.43. The van der Waals surface area contributed by atoms with Crippen molar-refractivity contribution in [1.29, 1.82) is 0 Å². The molecule has 0 radical (unpaired) electrons. The number of unbranched alkanes of at least 4 members (excludes halogenated alkanes) is 3. The minimum absolute atomic E-state index is 0.220. The number of esters is 1. The van der Waals surface area contributed by atoms with Gasteiger partial charge in [-0.25, -0.2) is 0 Å². The Balaban J connectivity index is 2.32. The summed E-state index contributed by atoms with van der Waals surface area (Å²) in [6.07, 6.45) is 10.9. The zero-order valence-electron chi connectivity index (χ0n) is 18.2. The van der Waals surface area contributed by atoms with Gasteiger partial charge in [0.05, 0.1) is 0 Å². The Bertz CT molecular complexity index is 694. The van der Waals surface area contributed by atoms with Crippen LogP contribution in [0.25, 0.3) is 5.57 Å². The standard InChI is InChI=1S/C12H9O4.3C4H9.Sn/c1-9(10-4-2-6-14-10)8-11(13)16-12-5-3-7-15-12;3*1-3-4-2;/h1-7H,8H2;3*1,3-4H2,2H3;. The molecule has 0 N–H and O–H groups in total. The molecule has 0 saturated carbocycles. The predicted molar refractivity (Wildman–Crippen MR) is 121 cm³/mol. The molecule has 2 heterocycles. The zero-order valence-corrected chi connectivity index (χ0v) is 21.1. The van der Waals surface area contributed by atoms with Crippen LogP contribution in [0.5, 0.6) is 5.95 Å². The van der Waals surface area contributed by atoms with E-state index in [9.17, 15) is 4.79 Å². The van der Waals surface area contributed by atoms with Gasteiger partial charge < -0.3 is 0 Å². The van der Waals surface area contributed by atoms with Gasteiger partial charge in [0, 0.05) is 0 Å². The Labute approximate surface area is 179 Å². The van der Waals surface area contributed by atoms with Crippen molar-refractivity contribution in [1.82, 2.24) is 0 Å². The normalized spacial score (nSPS) is 12.3. The van der Waals surface area contributed by atoms with Crippen LogP contribution in [0.1, 0.15) is 71.5 Å². The summed E-state index contributed by atoms with van der Waals surface area (Å²) in [6, 6.07) is 7.22. The first-order chi connectivity index (χ1) is 14.1. The summed E-state index contributed by atoms with van der Waals surface area (Å²) in [5.41, 5.74) is 1.01. The van der Waals surface area contributed by atoms with Crippen LogP contribution < -0.4 is 4.74 Å². The van der Waals surface area contributed by atoms with Crippen LogP contribution in [-0.4, -0.2) is 24.3 Å². The third-order valence-electron chi connectivity index (χ3n) is 5.45. The fourth-order valence-electron chi connectivity index (χ4n) is 3.84. The van der Waals surface area contributed by atoms with Crippen LogP contribution in [0, 0.1) is 0 Å². The summed E-state index contributed by atoms with van der Waals surface area (Å²) < 4.78 is 22.9. The van der Waals surface area contributed by atoms with Crippen molar-refractivity contribution >= 4 is 29.9 Å². The average molecular weight is 507 g/mol. The van der Waals surface area contributed by atoms with E-state index >= 15 is 0 Å². The summed E-state index contributed by atoms with van der Waals surface area (Å²) >= 11 is -2.58. The topological polar surface area (TPSA) is 52.6 Å². The number of rotatable bonds is 14. The maximum absolute atomic E-state index is 12.6. The van der Waals surface area contributed by atoms with Crippen LogP contribution in [0.3, 0.4) is 0 Å². The van der Waals surface area contributed by atoms with Crippen molar-refractivity contribution < 1.29 is 18.4 Å². The van der Waals surface area contributed by atoms with E-state index < -0.39 is 18.4 Å². The van der Waals surface area contributed by atoms with Crippen LogP contribution >= 0.6 is 0 Å². The van der Waals surface area contributed by atoms with Gasteiger partial charge in [0.2, 0.25) is 0 Å². The molecule has 2 rings (SSSR count). The Morgan fingerprint density at radius 3 is 2.00 bits per heavy atom. The molecule has 5 heteroatoms. The minimum atomic E-state index is -2.58. The van der Waals surface area contributed by atoms with E-state index in [1.54, 1.807) is 18.4 Å². The molecule has 0 saturated heterocycles. The molecule has 4 nitrogen and oxygen atoms in total. The second-order valence-corrected chi connectivity index (χ2v) is 20.8. The van der Waals surface area contributed by atoms with Gasteiger partial charge in [-0.2, -0.15) is 0 Å². The second-order valence-electron chi connectivity index (χ2n) is 7.90. The van der Waals surface area contributed by atoms with Crippen LogP contribution in [0.2, 0.25) is 13.3 Å². The van der Waals surface area contributed by atoms with Crippen molar-refractivity contribution in [3.8, 4) is 5.95 Å². The molecule has 160 valence electrons. The Morgan fingerprint density at radius 1 is 0.931 bits per heavy atom. The first-order valence-electron chi connectivity index (χ1n) is 11.1. The molecule has 0 aliphatic rings. The van der Waals surface area contributed by atoms with Crippen molar-refractivity contribution in [3.63, 3.8) is 0 Å². The molecule has 0 bridgehead atoms. The van der Waals surface area contributed by atoms with Crippen molar-refractivity contribution in [2.24, 2.45) is 0 Å². The third kappa shape index (κ3) is 8.07. The van der Waals surface area contributed by atoms with Gasteiger partial charge in [0.15, 0.2) is 0 Å². The summed E-state index contributed by atoms with van der Waals surface area (Å²) in [6.45, 7) is 6.82. The van der Waals surface area contributed by atoms with E-state index in [-0.39, 0.29) is 18.3 Å². The van der Waals surface area contributed by atoms with Gasteiger partial charge in [-0.1, -0.05) is 0 Å². The second kappa shape index (κ2) is 13.0. The molecule has 0 fully saturated rings. The van der Waals surface area contributed by atoms with Crippen molar-refractivity contribution in [2.45, 2.75) is 79.0 Å². The Morgan fingerprint density at radius 2 is 1.52 bits per heavy atom. The fourth-order valence-corrected chi connectivity index (χ4v) is 19.1. The number of furan rings is 2. The molecule has 0 aliphatic carbocycles.